The minimum Gasteiger partial charge on any atom is -0.448 e. The first-order valence-corrected chi connectivity index (χ1v) is 7.16. The number of rotatable bonds is 7. The van der Waals surface area contributed by atoms with Gasteiger partial charge in [0.1, 0.15) is 0 Å². The van der Waals surface area contributed by atoms with Gasteiger partial charge in [0.05, 0.1) is 18.8 Å². The van der Waals surface area contributed by atoms with Crippen LogP contribution in [0.3, 0.4) is 0 Å². The first-order valence-electron chi connectivity index (χ1n) is 6.07. The second-order valence-electron chi connectivity index (χ2n) is 4.13. The third-order valence-corrected chi connectivity index (χ3v) is 2.95. The molecule has 19 heavy (non-hydrogen) atoms. The second-order valence-corrected chi connectivity index (χ2v) is 5.16. The van der Waals surface area contributed by atoms with E-state index in [1.54, 1.807) is 34.6 Å². The normalized spacial score (nSPS) is 11.2. The van der Waals surface area contributed by atoms with Crippen LogP contribution in [0, 0.1) is 0 Å². The zero-order valence-corrected chi connectivity index (χ0v) is 13.1. The number of hydrogen-bond donors (Lipinski definition) is 0. The average molecular weight is 295 g/mol. The zero-order chi connectivity index (χ0) is 15.0. The highest BCUT2D eigenvalue weighted by molar-refractivity contribution is 7.41. The van der Waals surface area contributed by atoms with Gasteiger partial charge in [-0.25, -0.2) is 4.79 Å². The predicted molar refractivity (Wildman–Crippen MR) is 70.0 cm³/mol. The topological polar surface area (TPSA) is 74.3 Å². The van der Waals surface area contributed by atoms with Gasteiger partial charge in [0, 0.05) is 6.92 Å². The molecule has 8 heteroatoms. The molecule has 0 radical (unpaired) electrons. The molecule has 7 nitrogen and oxygen atoms in total. The molecule has 0 saturated carbocycles. The van der Waals surface area contributed by atoms with Crippen LogP contribution in [-0.4, -0.2) is 35.9 Å². The van der Waals surface area contributed by atoms with Gasteiger partial charge in [0.2, 0.25) is 0 Å². The van der Waals surface area contributed by atoms with Crippen molar-refractivity contribution in [1.29, 1.82) is 0 Å². The Morgan fingerprint density at radius 3 is 1.89 bits per heavy atom. The fraction of sp³-hybridized carbons (Fsp3) is 0.818. The molecule has 0 heterocycles. The molecule has 0 aliphatic heterocycles. The van der Waals surface area contributed by atoms with Crippen LogP contribution in [0.4, 0.5) is 4.79 Å². The van der Waals surface area contributed by atoms with Crippen LogP contribution in [0.5, 0.6) is 0 Å². The molecule has 0 aliphatic carbocycles. The van der Waals surface area contributed by atoms with E-state index < -0.39 is 20.6 Å². The third kappa shape index (κ3) is 8.10. The molecule has 0 aromatic carbocycles. The Balaban J connectivity index is 4.72. The van der Waals surface area contributed by atoms with Gasteiger partial charge >= 0.3 is 14.7 Å². The molecule has 0 bridgehead atoms. The van der Waals surface area contributed by atoms with Crippen molar-refractivity contribution in [2.45, 2.75) is 53.8 Å². The number of nitrogens with zero attached hydrogens (tertiary/aromatic N) is 1. The summed E-state index contributed by atoms with van der Waals surface area (Å²) in [6.07, 6.45) is -1.22. The van der Waals surface area contributed by atoms with Crippen molar-refractivity contribution >= 4 is 20.6 Å². The zero-order valence-electron chi connectivity index (χ0n) is 12.2. The Kier molecular flexibility index (Phi) is 8.84. The Hall–Kier alpha value is -0.750. The first-order chi connectivity index (χ1) is 8.77. The van der Waals surface area contributed by atoms with Crippen molar-refractivity contribution in [3.63, 3.8) is 0 Å². The number of ether oxygens (including phenoxy) is 1. The average Bonchev–Trinajstić information content (AvgIpc) is 2.23. The molecule has 0 aromatic heterocycles. The highest BCUT2D eigenvalue weighted by Gasteiger charge is 2.28. The van der Waals surface area contributed by atoms with Crippen molar-refractivity contribution in [1.82, 2.24) is 5.06 Å². The van der Waals surface area contributed by atoms with Crippen molar-refractivity contribution in [2.24, 2.45) is 0 Å². The summed E-state index contributed by atoms with van der Waals surface area (Å²) in [7, 11) is -1.85. The van der Waals surface area contributed by atoms with Crippen molar-refractivity contribution < 1.29 is 28.0 Å². The fourth-order valence-electron chi connectivity index (χ4n) is 0.876. The highest BCUT2D eigenvalue weighted by Crippen LogP contribution is 2.43. The highest BCUT2D eigenvalue weighted by atomic mass is 31.2. The van der Waals surface area contributed by atoms with Crippen molar-refractivity contribution in [3.05, 3.63) is 0 Å². The smallest absolute Gasteiger partial charge is 0.441 e. The SMILES string of the molecule is CCOC(=O)N(OP(OC(C)C)OC(C)C)C(C)=O. The van der Waals surface area contributed by atoms with E-state index in [0.29, 0.717) is 5.06 Å². The van der Waals surface area contributed by atoms with Gasteiger partial charge in [0.15, 0.2) is 0 Å². The Labute approximate surface area is 115 Å². The summed E-state index contributed by atoms with van der Waals surface area (Å²) < 4.78 is 20.7. The van der Waals surface area contributed by atoms with Crippen LogP contribution >= 0.6 is 8.60 Å². The lowest BCUT2D eigenvalue weighted by Crippen LogP contribution is -2.35. The maximum atomic E-state index is 11.5. The van der Waals surface area contributed by atoms with Gasteiger partial charge in [-0.05, 0) is 34.6 Å². The number of imide groups is 1. The van der Waals surface area contributed by atoms with Crippen molar-refractivity contribution in [2.75, 3.05) is 6.61 Å². The van der Waals surface area contributed by atoms with Crippen LogP contribution in [0.15, 0.2) is 0 Å². The predicted octanol–water partition coefficient (Wildman–Crippen LogP) is 3.00. The number of hydrogen-bond acceptors (Lipinski definition) is 6. The van der Waals surface area contributed by atoms with E-state index in [1.807, 2.05) is 0 Å². The molecule has 112 valence electrons. The molecule has 0 N–H and O–H groups in total. The van der Waals surface area contributed by atoms with E-state index in [0.717, 1.165) is 0 Å². The van der Waals surface area contributed by atoms with E-state index in [4.69, 9.17) is 18.4 Å². The van der Waals surface area contributed by atoms with Crippen molar-refractivity contribution in [3.8, 4) is 0 Å². The fourth-order valence-corrected chi connectivity index (χ4v) is 2.01. The monoisotopic (exact) mass is 295 g/mol. The van der Waals surface area contributed by atoms with Gasteiger partial charge in [0.25, 0.3) is 5.91 Å². The van der Waals surface area contributed by atoms with Gasteiger partial charge in [-0.15, -0.1) is 5.06 Å². The van der Waals surface area contributed by atoms with E-state index in [9.17, 15) is 9.59 Å². The lowest BCUT2D eigenvalue weighted by Gasteiger charge is -2.24. The molecular weight excluding hydrogens is 273 g/mol. The molecule has 0 unspecified atom stereocenters. The number of carbonyl (C=O) groups excluding carboxylic acids is 2. The molecule has 0 rings (SSSR count). The maximum Gasteiger partial charge on any atom is 0.441 e. The molecule has 0 saturated heterocycles. The summed E-state index contributed by atoms with van der Waals surface area (Å²) >= 11 is 0. The van der Waals surface area contributed by atoms with Gasteiger partial charge < -0.3 is 13.8 Å². The van der Waals surface area contributed by atoms with Crippen LogP contribution in [0.25, 0.3) is 0 Å². The number of carbonyl (C=O) groups is 2. The lowest BCUT2D eigenvalue weighted by atomic mass is 10.5. The maximum absolute atomic E-state index is 11.5. The van der Waals surface area contributed by atoms with Crippen LogP contribution in [-0.2, 0) is 23.2 Å². The molecular formula is C11H22NO6P. The molecule has 2 amide bonds. The Morgan fingerprint density at radius 1 is 1.11 bits per heavy atom. The summed E-state index contributed by atoms with van der Waals surface area (Å²) in [5.41, 5.74) is 0. The molecule has 0 aliphatic rings. The van der Waals surface area contributed by atoms with Gasteiger partial charge in [-0.1, -0.05) is 0 Å². The molecule has 0 atom stereocenters. The molecule has 0 aromatic rings. The van der Waals surface area contributed by atoms with E-state index >= 15 is 0 Å². The number of hydroxylamine groups is 2. The summed E-state index contributed by atoms with van der Waals surface area (Å²) in [5.74, 6) is -0.606. The third-order valence-electron chi connectivity index (χ3n) is 1.46. The standard InChI is InChI=1S/C11H22NO6P/c1-7-15-11(14)12(10(6)13)18-19(16-8(2)3)17-9(4)5/h8-9H,7H2,1-6H3. The lowest BCUT2D eigenvalue weighted by molar-refractivity contribution is -0.151. The molecule has 0 spiro atoms. The number of amides is 2. The van der Waals surface area contributed by atoms with Gasteiger partial charge in [-0.3, -0.25) is 4.79 Å². The van der Waals surface area contributed by atoms with E-state index in [1.165, 1.54) is 6.92 Å². The minimum atomic E-state index is -1.85. The summed E-state index contributed by atoms with van der Waals surface area (Å²) in [4.78, 5) is 22.9. The van der Waals surface area contributed by atoms with Crippen LogP contribution in [0.2, 0.25) is 0 Å². The largest absolute Gasteiger partial charge is 0.448 e. The minimum absolute atomic E-state index is 0.139. The van der Waals surface area contributed by atoms with Gasteiger partial charge in [-0.2, -0.15) is 4.62 Å². The van der Waals surface area contributed by atoms with E-state index in [2.05, 4.69) is 0 Å². The van der Waals surface area contributed by atoms with Crippen LogP contribution in [0.1, 0.15) is 41.5 Å². The second kappa shape index (κ2) is 9.20. The molecule has 0 fully saturated rings. The summed E-state index contributed by atoms with van der Waals surface area (Å²) in [6, 6.07) is 0. The first kappa shape index (κ1) is 18.2. The summed E-state index contributed by atoms with van der Waals surface area (Å²) in [6.45, 7) is 10.1. The Morgan fingerprint density at radius 2 is 1.58 bits per heavy atom. The van der Waals surface area contributed by atoms with E-state index in [-0.39, 0.29) is 18.8 Å². The summed E-state index contributed by atoms with van der Waals surface area (Å²) in [5, 5.41) is 0.514. The Bertz CT molecular complexity index is 287. The van der Waals surface area contributed by atoms with Crippen LogP contribution < -0.4 is 0 Å². The quantitative estimate of drug-likeness (QED) is 0.531.